The number of amides is 2. The third kappa shape index (κ3) is 7.14. The number of piperazine rings is 1. The van der Waals surface area contributed by atoms with Crippen LogP contribution < -0.4 is 16.4 Å². The Morgan fingerprint density at radius 2 is 2.05 bits per heavy atom. The molecule has 2 aromatic heterocycles. The highest BCUT2D eigenvalue weighted by Gasteiger charge is 2.54. The number of nitrogens with one attached hydrogen (secondary N) is 2. The summed E-state index contributed by atoms with van der Waals surface area (Å²) in [5, 5.41) is 28.2. The minimum absolute atomic E-state index is 0.0634. The number of anilines is 1. The number of nitrogen functional groups attached to an aromatic ring is 1. The van der Waals surface area contributed by atoms with Gasteiger partial charge in [-0.1, -0.05) is 10.4 Å². The number of hydrogen-bond acceptors (Lipinski definition) is 14. The quantitative estimate of drug-likeness (QED) is 0.0721. The van der Waals surface area contributed by atoms with Gasteiger partial charge in [-0.2, -0.15) is 8.42 Å². The summed E-state index contributed by atoms with van der Waals surface area (Å²) in [6.45, 7) is 6.53. The van der Waals surface area contributed by atoms with Crippen molar-refractivity contribution in [2.24, 2.45) is 5.16 Å². The Morgan fingerprint density at radius 1 is 1.34 bits per heavy atom. The number of β-lactam (4-membered cyclic amide) rings is 1. The Bertz CT molecular complexity index is 1430. The number of aromatic nitrogens is 4. The number of hydrogen-bond donors (Lipinski definition) is 5. The van der Waals surface area contributed by atoms with Crippen molar-refractivity contribution in [1.82, 2.24) is 39.8 Å². The van der Waals surface area contributed by atoms with Crippen molar-refractivity contribution < 1.29 is 37.3 Å². The molecular formula is C21H30N10O8S2. The van der Waals surface area contributed by atoms with Crippen molar-refractivity contribution in [2.75, 3.05) is 38.5 Å². The molecule has 6 N–H and O–H groups in total. The van der Waals surface area contributed by atoms with Gasteiger partial charge in [-0.15, -0.1) is 16.4 Å². The molecule has 0 spiro atoms. The number of carbonyl (C=O) groups is 3. The topological polar surface area (TPSA) is 248 Å². The summed E-state index contributed by atoms with van der Waals surface area (Å²) >= 11 is 0.972. The summed E-state index contributed by atoms with van der Waals surface area (Å²) in [5.74, 6) is -3.49. The fourth-order valence-electron chi connectivity index (χ4n) is 4.09. The Hall–Kier alpha value is -3.72. The summed E-state index contributed by atoms with van der Waals surface area (Å²) in [6, 6.07) is -2.69. The standard InChI is InChI=1S/C21H30N10O8S2/c1-21(2,19(34)35)39-27-15(13-11-40-20(22)24-13)17(32)25-16-14(31(18(16)33)41(36,37)38)10-30-9-12(26-28-30)3-6-29-7-4-23-5-8-29/h9,11,14,16,23H,3-8,10H2,1-2H3,(H2,22,24)(H,25,32)(H,34,35)(H,36,37,38)/b27-15-/t14-,16+/m1/s1. The molecule has 0 unspecified atom stereocenters. The molecule has 2 aromatic rings. The van der Waals surface area contributed by atoms with E-state index in [1.54, 1.807) is 6.20 Å². The number of rotatable bonds is 12. The van der Waals surface area contributed by atoms with Crippen molar-refractivity contribution >= 4 is 50.3 Å². The first-order chi connectivity index (χ1) is 19.3. The summed E-state index contributed by atoms with van der Waals surface area (Å²) in [7, 11) is -4.97. The zero-order chi connectivity index (χ0) is 29.9. The van der Waals surface area contributed by atoms with E-state index < -0.39 is 51.5 Å². The van der Waals surface area contributed by atoms with E-state index in [0.717, 1.165) is 44.1 Å². The summed E-state index contributed by atoms with van der Waals surface area (Å²) in [5.41, 5.74) is 3.91. The SMILES string of the molecule is CC(C)(O/N=C(\C(=O)N[C@@H]1C(=O)N(S(=O)(=O)O)[C@@H]1Cn1cc(CCN2CCNCC2)nn1)c1csc(N)n1)C(=O)O. The van der Waals surface area contributed by atoms with Crippen LogP contribution in [-0.4, -0.2) is 121 Å². The molecule has 0 radical (unpaired) electrons. The molecule has 0 bridgehead atoms. The molecule has 2 aliphatic rings. The molecule has 2 saturated heterocycles. The molecule has 41 heavy (non-hydrogen) atoms. The third-order valence-electron chi connectivity index (χ3n) is 6.42. The van der Waals surface area contributed by atoms with E-state index in [9.17, 15) is 32.5 Å². The summed E-state index contributed by atoms with van der Waals surface area (Å²) in [4.78, 5) is 48.6. The molecule has 2 fully saturated rings. The molecule has 0 saturated carbocycles. The second-order valence-electron chi connectivity index (χ2n) is 9.82. The summed E-state index contributed by atoms with van der Waals surface area (Å²) in [6.07, 6.45) is 2.19. The molecule has 0 aliphatic carbocycles. The van der Waals surface area contributed by atoms with Gasteiger partial charge in [-0.3, -0.25) is 18.8 Å². The van der Waals surface area contributed by atoms with Gasteiger partial charge in [-0.05, 0) is 13.8 Å². The predicted octanol–water partition coefficient (Wildman–Crippen LogP) is -2.45. The Balaban J connectivity index is 1.50. The van der Waals surface area contributed by atoms with Crippen molar-refractivity contribution in [2.45, 2.75) is 44.5 Å². The molecule has 224 valence electrons. The average molecular weight is 615 g/mol. The van der Waals surface area contributed by atoms with Crippen molar-refractivity contribution in [1.29, 1.82) is 0 Å². The maximum atomic E-state index is 13.2. The normalized spacial score (nSPS) is 20.5. The minimum atomic E-state index is -4.97. The van der Waals surface area contributed by atoms with E-state index in [2.05, 4.69) is 36.0 Å². The highest BCUT2D eigenvalue weighted by molar-refractivity contribution is 7.84. The van der Waals surface area contributed by atoms with Crippen LogP contribution in [0.4, 0.5) is 5.13 Å². The predicted molar refractivity (Wildman–Crippen MR) is 143 cm³/mol. The molecule has 4 rings (SSSR count). The molecule has 2 aliphatic heterocycles. The lowest BCUT2D eigenvalue weighted by molar-refractivity contribution is -0.161. The molecule has 2 atom stereocenters. The van der Waals surface area contributed by atoms with E-state index in [1.165, 1.54) is 23.9 Å². The monoisotopic (exact) mass is 614 g/mol. The van der Waals surface area contributed by atoms with Crippen LogP contribution in [-0.2, 0) is 42.5 Å². The van der Waals surface area contributed by atoms with Crippen LogP contribution in [0, 0.1) is 0 Å². The van der Waals surface area contributed by atoms with Crippen molar-refractivity contribution in [3.63, 3.8) is 0 Å². The largest absolute Gasteiger partial charge is 0.478 e. The van der Waals surface area contributed by atoms with Gasteiger partial charge in [0.05, 0.1) is 18.3 Å². The van der Waals surface area contributed by atoms with Crippen molar-refractivity contribution in [3.05, 3.63) is 23.0 Å². The molecule has 18 nitrogen and oxygen atoms in total. The Morgan fingerprint density at radius 3 is 2.66 bits per heavy atom. The second-order valence-corrected chi connectivity index (χ2v) is 12.0. The number of nitrogens with two attached hydrogens (primary N) is 1. The molecule has 0 aromatic carbocycles. The van der Waals surface area contributed by atoms with Gasteiger partial charge >= 0.3 is 16.3 Å². The Kier molecular flexibility index (Phi) is 8.87. The van der Waals surface area contributed by atoms with Crippen molar-refractivity contribution in [3.8, 4) is 0 Å². The number of thiazole rings is 1. The first kappa shape index (κ1) is 30.2. The second kappa shape index (κ2) is 12.0. The van der Waals surface area contributed by atoms with E-state index in [1.807, 2.05) is 0 Å². The third-order valence-corrected chi connectivity index (χ3v) is 8.04. The zero-order valence-electron chi connectivity index (χ0n) is 22.1. The lowest BCUT2D eigenvalue weighted by atomic mass is 9.98. The van der Waals surface area contributed by atoms with E-state index in [4.69, 9.17) is 10.6 Å². The molecule has 20 heteroatoms. The molecular weight excluding hydrogens is 584 g/mol. The number of oxime groups is 1. The van der Waals surface area contributed by atoms with Gasteiger partial charge in [0.25, 0.3) is 11.8 Å². The maximum Gasteiger partial charge on any atom is 0.362 e. The van der Waals surface area contributed by atoms with Gasteiger partial charge in [-0.25, -0.2) is 14.1 Å². The first-order valence-corrected chi connectivity index (χ1v) is 14.7. The van der Waals surface area contributed by atoms with Gasteiger partial charge in [0.2, 0.25) is 5.60 Å². The molecule has 4 heterocycles. The average Bonchev–Trinajstić information content (AvgIpc) is 3.54. The summed E-state index contributed by atoms with van der Waals surface area (Å²) < 4.78 is 35.1. The minimum Gasteiger partial charge on any atom is -0.478 e. The van der Waals surface area contributed by atoms with Crippen LogP contribution in [0.5, 0.6) is 0 Å². The zero-order valence-corrected chi connectivity index (χ0v) is 23.8. The van der Waals surface area contributed by atoms with Gasteiger partial charge in [0, 0.05) is 50.7 Å². The smallest absolute Gasteiger partial charge is 0.362 e. The van der Waals surface area contributed by atoms with E-state index >= 15 is 0 Å². The van der Waals surface area contributed by atoms with Gasteiger partial charge < -0.3 is 31.2 Å². The highest BCUT2D eigenvalue weighted by Crippen LogP contribution is 2.25. The van der Waals surface area contributed by atoms with E-state index in [-0.39, 0.29) is 21.7 Å². The van der Waals surface area contributed by atoms with Crippen LogP contribution >= 0.6 is 11.3 Å². The number of carboxylic acids is 1. The van der Waals surface area contributed by atoms with Crippen LogP contribution in [0.15, 0.2) is 16.7 Å². The van der Waals surface area contributed by atoms with Crippen LogP contribution in [0.2, 0.25) is 0 Å². The van der Waals surface area contributed by atoms with E-state index in [0.29, 0.717) is 12.1 Å². The fraction of sp³-hybridized carbons (Fsp3) is 0.571. The van der Waals surface area contributed by atoms with Gasteiger partial charge in [0.15, 0.2) is 10.8 Å². The first-order valence-electron chi connectivity index (χ1n) is 12.4. The number of aliphatic carboxylic acids is 1. The number of nitrogens with zero attached hydrogens (tertiary/aromatic N) is 7. The lowest BCUT2D eigenvalue weighted by Gasteiger charge is -2.43. The fourth-order valence-corrected chi connectivity index (χ4v) is 5.51. The number of carboxylic acid groups (broad SMARTS) is 1. The molecule has 2 amide bonds. The highest BCUT2D eigenvalue weighted by atomic mass is 32.2. The maximum absolute atomic E-state index is 13.2. The van der Waals surface area contributed by atoms with Crippen LogP contribution in [0.25, 0.3) is 0 Å². The number of carbonyl (C=O) groups excluding carboxylic acids is 2. The van der Waals surface area contributed by atoms with Crippen LogP contribution in [0.1, 0.15) is 25.2 Å². The van der Waals surface area contributed by atoms with Gasteiger partial charge in [0.1, 0.15) is 11.7 Å². The Labute approximate surface area is 238 Å². The lowest BCUT2D eigenvalue weighted by Crippen LogP contribution is -2.73. The van der Waals surface area contributed by atoms with Crippen LogP contribution in [0.3, 0.4) is 0 Å².